The van der Waals surface area contributed by atoms with Gasteiger partial charge in [-0.3, -0.25) is 0 Å². The number of benzene rings is 2. The minimum atomic E-state index is -1.04. The summed E-state index contributed by atoms with van der Waals surface area (Å²) < 4.78 is 41.8. The molecular formula is C17H9F2NO4. The summed E-state index contributed by atoms with van der Waals surface area (Å²) in [5.74, 6) is -1.59. The zero-order valence-corrected chi connectivity index (χ0v) is 12.1. The highest BCUT2D eigenvalue weighted by atomic mass is 19.2. The van der Waals surface area contributed by atoms with Crippen LogP contribution in [0.4, 0.5) is 8.78 Å². The fraction of sp³-hybridized carbons (Fsp3) is 0.0588. The summed E-state index contributed by atoms with van der Waals surface area (Å²) in [6.45, 7) is 0.149. The Morgan fingerprint density at radius 1 is 1.00 bits per heavy atom. The summed E-state index contributed by atoms with van der Waals surface area (Å²) in [5, 5.41) is 0. The predicted molar refractivity (Wildman–Crippen MR) is 79.5 cm³/mol. The average Bonchev–Trinajstić information content (AvgIpc) is 3.17. The van der Waals surface area contributed by atoms with Gasteiger partial charge in [-0.25, -0.2) is 18.6 Å². The van der Waals surface area contributed by atoms with Crippen LogP contribution in [0.3, 0.4) is 0 Å². The largest absolute Gasteiger partial charge is 0.454 e. The number of rotatable bonds is 2. The van der Waals surface area contributed by atoms with E-state index in [9.17, 15) is 13.6 Å². The van der Waals surface area contributed by atoms with Crippen LogP contribution in [-0.2, 0) is 9.53 Å². The van der Waals surface area contributed by atoms with Gasteiger partial charge in [0.2, 0.25) is 12.7 Å². The minimum absolute atomic E-state index is 0.0496. The Morgan fingerprint density at radius 3 is 2.67 bits per heavy atom. The molecule has 2 aromatic rings. The SMILES string of the molecule is O=C1OC(c2ccc(F)c(F)c2)=N/C1=C/c1ccc2c(c1)OCO2. The Labute approximate surface area is 134 Å². The van der Waals surface area contributed by atoms with Crippen LogP contribution in [0.5, 0.6) is 11.5 Å². The number of aliphatic imine (C=N–C) groups is 1. The molecule has 0 fully saturated rings. The quantitative estimate of drug-likeness (QED) is 0.628. The normalized spacial score (nSPS) is 17.2. The number of cyclic esters (lactones) is 1. The summed E-state index contributed by atoms with van der Waals surface area (Å²) in [6.07, 6.45) is 1.51. The van der Waals surface area contributed by atoms with Crippen LogP contribution in [0.2, 0.25) is 0 Å². The molecule has 0 atom stereocenters. The lowest BCUT2D eigenvalue weighted by Crippen LogP contribution is -2.06. The second-order valence-corrected chi connectivity index (χ2v) is 5.08. The van der Waals surface area contributed by atoms with Crippen molar-refractivity contribution in [2.75, 3.05) is 6.79 Å². The van der Waals surface area contributed by atoms with Crippen LogP contribution < -0.4 is 9.47 Å². The van der Waals surface area contributed by atoms with Crippen LogP contribution >= 0.6 is 0 Å². The summed E-state index contributed by atoms with van der Waals surface area (Å²) in [6, 6.07) is 8.31. The molecule has 0 aliphatic carbocycles. The van der Waals surface area contributed by atoms with Crippen molar-refractivity contribution in [2.24, 2.45) is 4.99 Å². The summed E-state index contributed by atoms with van der Waals surface area (Å²) in [5.41, 5.74) is 0.895. The van der Waals surface area contributed by atoms with E-state index in [-0.39, 0.29) is 24.0 Å². The van der Waals surface area contributed by atoms with Gasteiger partial charge in [-0.05, 0) is 42.0 Å². The second-order valence-electron chi connectivity index (χ2n) is 5.08. The predicted octanol–water partition coefficient (Wildman–Crippen LogP) is 3.04. The van der Waals surface area contributed by atoms with Crippen LogP contribution in [0.25, 0.3) is 6.08 Å². The number of hydrogen-bond acceptors (Lipinski definition) is 5. The van der Waals surface area contributed by atoms with Crippen molar-refractivity contribution >= 4 is 17.9 Å². The molecule has 0 spiro atoms. The van der Waals surface area contributed by atoms with Crippen molar-refractivity contribution < 1.29 is 27.8 Å². The number of halogens is 2. The van der Waals surface area contributed by atoms with Crippen molar-refractivity contribution in [1.29, 1.82) is 0 Å². The van der Waals surface area contributed by atoms with Gasteiger partial charge in [0.15, 0.2) is 28.8 Å². The maximum Gasteiger partial charge on any atom is 0.363 e. The van der Waals surface area contributed by atoms with E-state index in [1.165, 1.54) is 12.1 Å². The Balaban J connectivity index is 1.67. The van der Waals surface area contributed by atoms with Crippen molar-refractivity contribution in [3.63, 3.8) is 0 Å². The standard InChI is InChI=1S/C17H9F2NO4/c18-11-3-2-10(7-12(11)19)16-20-13(17(21)24-16)5-9-1-4-14-15(6-9)23-8-22-14/h1-7H,8H2/b13-5+. The molecule has 120 valence electrons. The van der Waals surface area contributed by atoms with Gasteiger partial charge in [-0.1, -0.05) is 6.07 Å². The molecule has 2 aromatic carbocycles. The Morgan fingerprint density at radius 2 is 1.83 bits per heavy atom. The van der Waals surface area contributed by atoms with Crippen molar-refractivity contribution in [3.8, 4) is 11.5 Å². The molecule has 0 N–H and O–H groups in total. The van der Waals surface area contributed by atoms with E-state index in [1.807, 2.05) is 0 Å². The lowest BCUT2D eigenvalue weighted by molar-refractivity contribution is -0.129. The van der Waals surface area contributed by atoms with Crippen LogP contribution in [-0.4, -0.2) is 18.7 Å². The Kier molecular flexibility index (Phi) is 3.26. The van der Waals surface area contributed by atoms with Gasteiger partial charge < -0.3 is 14.2 Å². The first-order valence-electron chi connectivity index (χ1n) is 6.98. The molecule has 2 heterocycles. The highest BCUT2D eigenvalue weighted by Gasteiger charge is 2.25. The van der Waals surface area contributed by atoms with Gasteiger partial charge in [-0.15, -0.1) is 0 Å². The topological polar surface area (TPSA) is 57.1 Å². The molecule has 24 heavy (non-hydrogen) atoms. The van der Waals surface area contributed by atoms with E-state index in [4.69, 9.17) is 14.2 Å². The summed E-state index contributed by atoms with van der Waals surface area (Å²) >= 11 is 0. The molecular weight excluding hydrogens is 320 g/mol. The summed E-state index contributed by atoms with van der Waals surface area (Å²) in [4.78, 5) is 16.0. The molecule has 0 saturated carbocycles. The number of esters is 1. The van der Waals surface area contributed by atoms with Crippen LogP contribution in [0.15, 0.2) is 47.1 Å². The van der Waals surface area contributed by atoms with Crippen molar-refractivity contribution in [1.82, 2.24) is 0 Å². The smallest absolute Gasteiger partial charge is 0.363 e. The third-order valence-electron chi connectivity index (χ3n) is 3.49. The van der Waals surface area contributed by atoms with Gasteiger partial charge in [0.05, 0.1) is 0 Å². The first-order chi connectivity index (χ1) is 11.6. The molecule has 5 nitrogen and oxygen atoms in total. The first kappa shape index (κ1) is 14.4. The highest BCUT2D eigenvalue weighted by Crippen LogP contribution is 2.33. The average molecular weight is 329 g/mol. The lowest BCUT2D eigenvalue weighted by Gasteiger charge is -1.99. The molecule has 2 aliphatic heterocycles. The molecule has 0 unspecified atom stereocenters. The number of carbonyl (C=O) groups excluding carboxylic acids is 1. The molecule has 0 saturated heterocycles. The Hall–Kier alpha value is -3.22. The highest BCUT2D eigenvalue weighted by molar-refractivity contribution is 6.12. The summed E-state index contributed by atoms with van der Waals surface area (Å²) in [7, 11) is 0. The van der Waals surface area contributed by atoms with Gasteiger partial charge in [0, 0.05) is 5.56 Å². The van der Waals surface area contributed by atoms with Gasteiger partial charge in [0.25, 0.3) is 0 Å². The Bertz CT molecular complexity index is 921. The number of nitrogens with zero attached hydrogens (tertiary/aromatic N) is 1. The minimum Gasteiger partial charge on any atom is -0.454 e. The molecule has 0 amide bonds. The zero-order valence-electron chi connectivity index (χ0n) is 12.1. The van der Waals surface area contributed by atoms with Crippen LogP contribution in [0, 0.1) is 11.6 Å². The van der Waals surface area contributed by atoms with Crippen molar-refractivity contribution in [3.05, 3.63) is 64.9 Å². The van der Waals surface area contributed by atoms with Gasteiger partial charge in [0.1, 0.15) is 0 Å². The maximum absolute atomic E-state index is 13.3. The molecule has 2 aliphatic rings. The fourth-order valence-electron chi connectivity index (χ4n) is 2.32. The third kappa shape index (κ3) is 2.50. The number of carbonyl (C=O) groups is 1. The van der Waals surface area contributed by atoms with E-state index in [0.29, 0.717) is 17.1 Å². The number of ether oxygens (including phenoxy) is 3. The zero-order chi connectivity index (χ0) is 16.7. The monoisotopic (exact) mass is 329 g/mol. The lowest BCUT2D eigenvalue weighted by atomic mass is 10.1. The fourth-order valence-corrected chi connectivity index (χ4v) is 2.32. The van der Waals surface area contributed by atoms with E-state index >= 15 is 0 Å². The third-order valence-corrected chi connectivity index (χ3v) is 3.49. The van der Waals surface area contributed by atoms with E-state index in [0.717, 1.165) is 12.1 Å². The molecule has 4 rings (SSSR count). The number of fused-ring (bicyclic) bond motifs is 1. The molecule has 7 heteroatoms. The van der Waals surface area contributed by atoms with Gasteiger partial charge in [-0.2, -0.15) is 0 Å². The first-order valence-corrected chi connectivity index (χ1v) is 6.98. The van der Waals surface area contributed by atoms with E-state index in [1.54, 1.807) is 18.2 Å². The maximum atomic E-state index is 13.3. The van der Waals surface area contributed by atoms with Crippen LogP contribution in [0.1, 0.15) is 11.1 Å². The molecule has 0 radical (unpaired) electrons. The molecule has 0 bridgehead atoms. The van der Waals surface area contributed by atoms with Gasteiger partial charge >= 0.3 is 5.97 Å². The molecule has 0 aromatic heterocycles. The van der Waals surface area contributed by atoms with E-state index < -0.39 is 17.6 Å². The number of hydrogen-bond donors (Lipinski definition) is 0. The van der Waals surface area contributed by atoms with E-state index in [2.05, 4.69) is 4.99 Å². The van der Waals surface area contributed by atoms with Crippen molar-refractivity contribution in [2.45, 2.75) is 0 Å². The second kappa shape index (κ2) is 5.45.